The van der Waals surface area contributed by atoms with Gasteiger partial charge in [-0.05, 0) is 54.1 Å². The Hall–Kier alpha value is -3.56. The van der Waals surface area contributed by atoms with Crippen LogP contribution in [0.15, 0.2) is 83.8 Å². The minimum atomic E-state index is -3.61. The summed E-state index contributed by atoms with van der Waals surface area (Å²) in [7, 11) is -3.61. The molecule has 0 saturated carbocycles. The molecule has 0 aliphatic heterocycles. The summed E-state index contributed by atoms with van der Waals surface area (Å²) in [5.74, 6) is -1.46. The molecule has 1 unspecified atom stereocenters. The van der Waals surface area contributed by atoms with Gasteiger partial charge in [-0.25, -0.2) is 17.5 Å². The first-order chi connectivity index (χ1) is 15.8. The van der Waals surface area contributed by atoms with Crippen LogP contribution in [-0.2, 0) is 21.2 Å². The van der Waals surface area contributed by atoms with Crippen molar-refractivity contribution < 1.29 is 22.4 Å². The number of rotatable bonds is 9. The third kappa shape index (κ3) is 6.71. The Labute approximate surface area is 192 Å². The van der Waals surface area contributed by atoms with Crippen molar-refractivity contribution in [3.8, 4) is 0 Å². The lowest BCUT2D eigenvalue weighted by Crippen LogP contribution is -2.45. The van der Waals surface area contributed by atoms with Crippen molar-refractivity contribution in [3.05, 3.63) is 95.8 Å². The second kappa shape index (κ2) is 10.8. The van der Waals surface area contributed by atoms with Crippen molar-refractivity contribution in [2.45, 2.75) is 24.3 Å². The van der Waals surface area contributed by atoms with E-state index in [1.807, 2.05) is 30.3 Å². The normalized spacial score (nSPS) is 12.1. The first kappa shape index (κ1) is 24.1. The predicted molar refractivity (Wildman–Crippen MR) is 124 cm³/mol. The van der Waals surface area contributed by atoms with Crippen molar-refractivity contribution in [2.24, 2.45) is 0 Å². The topological polar surface area (TPSA) is 104 Å². The fourth-order valence-electron chi connectivity index (χ4n) is 3.12. The third-order valence-electron chi connectivity index (χ3n) is 4.78. The molecule has 0 heterocycles. The zero-order valence-corrected chi connectivity index (χ0v) is 18.7. The van der Waals surface area contributed by atoms with Crippen LogP contribution in [0.4, 0.5) is 10.1 Å². The maximum atomic E-state index is 13.2. The summed E-state index contributed by atoms with van der Waals surface area (Å²) in [6, 6.07) is 19.0. The number of sulfonamides is 1. The van der Waals surface area contributed by atoms with E-state index in [1.165, 1.54) is 48.5 Å². The van der Waals surface area contributed by atoms with Crippen LogP contribution in [0.5, 0.6) is 0 Å². The zero-order chi connectivity index (χ0) is 23.8. The molecule has 3 aromatic carbocycles. The fourth-order valence-corrected chi connectivity index (χ4v) is 4.16. The Morgan fingerprint density at radius 3 is 2.15 bits per heavy atom. The minimum absolute atomic E-state index is 0.0767. The van der Waals surface area contributed by atoms with Gasteiger partial charge in [0.2, 0.25) is 15.9 Å². The maximum Gasteiger partial charge on any atom is 0.251 e. The van der Waals surface area contributed by atoms with E-state index in [2.05, 4.69) is 15.4 Å². The average Bonchev–Trinajstić information content (AvgIpc) is 2.80. The van der Waals surface area contributed by atoms with Gasteiger partial charge in [-0.15, -0.1) is 0 Å². The quantitative estimate of drug-likeness (QED) is 0.448. The van der Waals surface area contributed by atoms with Crippen LogP contribution in [-0.4, -0.2) is 32.8 Å². The standard InChI is InChI=1S/C24H24FN3O4S/c1-2-26-33(31,32)21-14-12-20(13-15-21)27-24(30)22(16-17-6-4-3-5-7-17)28-23(29)18-8-10-19(25)11-9-18/h3-15,22,26H,2,16H2,1H3,(H,27,30)(H,28,29). The summed E-state index contributed by atoms with van der Waals surface area (Å²) < 4.78 is 39.7. The van der Waals surface area contributed by atoms with Gasteiger partial charge in [-0.2, -0.15) is 0 Å². The molecule has 0 aromatic heterocycles. The van der Waals surface area contributed by atoms with Gasteiger partial charge in [0, 0.05) is 24.2 Å². The second-order valence-corrected chi connectivity index (χ2v) is 9.00. The molecule has 0 spiro atoms. The maximum absolute atomic E-state index is 13.2. The first-order valence-corrected chi connectivity index (χ1v) is 11.8. The number of hydrogen-bond acceptors (Lipinski definition) is 4. The monoisotopic (exact) mass is 469 g/mol. The Morgan fingerprint density at radius 1 is 0.909 bits per heavy atom. The van der Waals surface area contributed by atoms with E-state index in [1.54, 1.807) is 6.92 Å². The Morgan fingerprint density at radius 2 is 1.55 bits per heavy atom. The molecule has 0 fully saturated rings. The van der Waals surface area contributed by atoms with Crippen LogP contribution in [0.2, 0.25) is 0 Å². The van der Waals surface area contributed by atoms with Gasteiger partial charge >= 0.3 is 0 Å². The molecule has 33 heavy (non-hydrogen) atoms. The van der Waals surface area contributed by atoms with Gasteiger partial charge in [0.15, 0.2) is 0 Å². The van der Waals surface area contributed by atoms with Crippen LogP contribution >= 0.6 is 0 Å². The number of hydrogen-bond donors (Lipinski definition) is 3. The third-order valence-corrected chi connectivity index (χ3v) is 6.34. The fraction of sp³-hybridized carbons (Fsp3) is 0.167. The molecule has 3 N–H and O–H groups in total. The van der Waals surface area contributed by atoms with Crippen LogP contribution < -0.4 is 15.4 Å². The van der Waals surface area contributed by atoms with Crippen molar-refractivity contribution >= 4 is 27.5 Å². The predicted octanol–water partition coefficient (Wildman–Crippen LogP) is 3.10. The molecule has 0 saturated heterocycles. The smallest absolute Gasteiger partial charge is 0.251 e. The summed E-state index contributed by atoms with van der Waals surface area (Å²) in [6.45, 7) is 1.94. The number of carbonyl (C=O) groups is 2. The van der Waals surface area contributed by atoms with Gasteiger partial charge in [0.25, 0.3) is 5.91 Å². The first-order valence-electron chi connectivity index (χ1n) is 10.3. The average molecular weight is 470 g/mol. The van der Waals surface area contributed by atoms with Crippen LogP contribution in [0.25, 0.3) is 0 Å². The highest BCUT2D eigenvalue weighted by Crippen LogP contribution is 2.15. The number of amides is 2. The van der Waals surface area contributed by atoms with E-state index in [9.17, 15) is 22.4 Å². The van der Waals surface area contributed by atoms with Crippen LogP contribution in [0, 0.1) is 5.82 Å². The largest absolute Gasteiger partial charge is 0.340 e. The molecule has 9 heteroatoms. The summed E-state index contributed by atoms with van der Waals surface area (Å²) in [5, 5.41) is 5.40. The Balaban J connectivity index is 1.77. The van der Waals surface area contributed by atoms with E-state index in [0.29, 0.717) is 5.69 Å². The number of carbonyl (C=O) groups excluding carboxylic acids is 2. The van der Waals surface area contributed by atoms with Crippen LogP contribution in [0.3, 0.4) is 0 Å². The highest BCUT2D eigenvalue weighted by atomic mass is 32.2. The molecular formula is C24H24FN3O4S. The second-order valence-electron chi connectivity index (χ2n) is 7.24. The van der Waals surface area contributed by atoms with E-state index in [-0.39, 0.29) is 23.4 Å². The van der Waals surface area contributed by atoms with E-state index < -0.39 is 33.7 Å². The molecule has 0 aliphatic rings. The molecule has 0 bridgehead atoms. The molecule has 0 radical (unpaired) electrons. The molecule has 7 nitrogen and oxygen atoms in total. The lowest BCUT2D eigenvalue weighted by Gasteiger charge is -2.19. The van der Waals surface area contributed by atoms with Crippen molar-refractivity contribution in [1.29, 1.82) is 0 Å². The summed E-state index contributed by atoms with van der Waals surface area (Å²) >= 11 is 0. The lowest BCUT2D eigenvalue weighted by molar-refractivity contribution is -0.118. The van der Waals surface area contributed by atoms with E-state index in [4.69, 9.17) is 0 Å². The summed E-state index contributed by atoms with van der Waals surface area (Å²) in [6.07, 6.45) is 0.229. The molecule has 1 atom stereocenters. The molecule has 0 aliphatic carbocycles. The summed E-state index contributed by atoms with van der Waals surface area (Å²) in [5.41, 5.74) is 1.44. The molecular weight excluding hydrogens is 445 g/mol. The molecule has 2 amide bonds. The van der Waals surface area contributed by atoms with Gasteiger partial charge in [-0.3, -0.25) is 9.59 Å². The highest BCUT2D eigenvalue weighted by Gasteiger charge is 2.22. The van der Waals surface area contributed by atoms with Gasteiger partial charge < -0.3 is 10.6 Å². The lowest BCUT2D eigenvalue weighted by atomic mass is 10.0. The van der Waals surface area contributed by atoms with Crippen LogP contribution in [0.1, 0.15) is 22.8 Å². The minimum Gasteiger partial charge on any atom is -0.340 e. The van der Waals surface area contributed by atoms with Gasteiger partial charge in [0.05, 0.1) is 4.90 Å². The van der Waals surface area contributed by atoms with Crippen molar-refractivity contribution in [3.63, 3.8) is 0 Å². The number of halogens is 1. The molecule has 3 rings (SSSR count). The van der Waals surface area contributed by atoms with Crippen molar-refractivity contribution in [2.75, 3.05) is 11.9 Å². The molecule has 172 valence electrons. The Kier molecular flexibility index (Phi) is 7.92. The highest BCUT2D eigenvalue weighted by molar-refractivity contribution is 7.89. The number of anilines is 1. The van der Waals surface area contributed by atoms with Gasteiger partial charge in [-0.1, -0.05) is 37.3 Å². The zero-order valence-electron chi connectivity index (χ0n) is 17.9. The summed E-state index contributed by atoms with van der Waals surface area (Å²) in [4.78, 5) is 25.7. The number of nitrogens with one attached hydrogen (secondary N) is 3. The number of benzene rings is 3. The SMILES string of the molecule is CCNS(=O)(=O)c1ccc(NC(=O)C(Cc2ccccc2)NC(=O)c2ccc(F)cc2)cc1. The van der Waals surface area contributed by atoms with Gasteiger partial charge in [0.1, 0.15) is 11.9 Å². The van der Waals surface area contributed by atoms with Crippen molar-refractivity contribution in [1.82, 2.24) is 10.0 Å². The van der Waals surface area contributed by atoms with E-state index in [0.717, 1.165) is 5.56 Å². The van der Waals surface area contributed by atoms with E-state index >= 15 is 0 Å². The molecule has 3 aromatic rings. The Bertz CT molecular complexity index is 1200.